The fourth-order valence-corrected chi connectivity index (χ4v) is 4.07. The second-order valence-electron chi connectivity index (χ2n) is 6.58. The summed E-state index contributed by atoms with van der Waals surface area (Å²) in [5.41, 5.74) is 5.18. The number of pyridine rings is 1. The molecule has 1 amide bonds. The number of fused-ring (bicyclic) bond motifs is 2. The lowest BCUT2D eigenvalue weighted by Gasteiger charge is -2.26. The molecule has 2 saturated carbocycles. The van der Waals surface area contributed by atoms with Crippen molar-refractivity contribution in [1.29, 1.82) is 0 Å². The molecule has 0 saturated heterocycles. The zero-order chi connectivity index (χ0) is 18.2. The molecule has 1 aromatic rings. The number of carbonyl (C=O) groups excluding carboxylic acids is 1. The van der Waals surface area contributed by atoms with Gasteiger partial charge in [-0.1, -0.05) is 11.6 Å². The molecule has 27 heavy (non-hydrogen) atoms. The highest BCUT2D eigenvalue weighted by Crippen LogP contribution is 2.47. The van der Waals surface area contributed by atoms with E-state index >= 15 is 0 Å². The molecule has 4 atom stereocenters. The van der Waals surface area contributed by atoms with Gasteiger partial charge >= 0.3 is 6.18 Å². The largest absolute Gasteiger partial charge is 0.475 e. The Balaban J connectivity index is 0.00000182. The van der Waals surface area contributed by atoms with E-state index in [-0.39, 0.29) is 66.7 Å². The summed E-state index contributed by atoms with van der Waals surface area (Å²) < 4.78 is 42.9. The summed E-state index contributed by atoms with van der Waals surface area (Å²) in [6.07, 6.45) is -0.702. The fraction of sp³-hybridized carbons (Fsp3) is 0.625. The van der Waals surface area contributed by atoms with Crippen LogP contribution < -0.4 is 15.8 Å². The molecule has 3 N–H and O–H groups in total. The van der Waals surface area contributed by atoms with Crippen LogP contribution in [-0.2, 0) is 11.0 Å². The van der Waals surface area contributed by atoms with Gasteiger partial charge in [-0.05, 0) is 37.2 Å². The molecule has 0 aromatic carbocycles. The number of nitrogens with zero attached hydrogens (tertiary/aromatic N) is 1. The molecule has 0 radical (unpaired) electrons. The lowest BCUT2D eigenvalue weighted by atomic mass is 9.84. The van der Waals surface area contributed by atoms with Gasteiger partial charge < -0.3 is 15.8 Å². The van der Waals surface area contributed by atoms with Gasteiger partial charge in [0.05, 0.1) is 18.0 Å². The summed E-state index contributed by atoms with van der Waals surface area (Å²) in [7, 11) is 0. The van der Waals surface area contributed by atoms with Crippen molar-refractivity contribution in [2.75, 3.05) is 13.2 Å². The average molecular weight is 451 g/mol. The molecule has 2 aliphatic carbocycles. The van der Waals surface area contributed by atoms with E-state index in [0.717, 1.165) is 25.3 Å². The van der Waals surface area contributed by atoms with Crippen LogP contribution in [0.4, 0.5) is 13.2 Å². The second kappa shape index (κ2) is 9.49. The smallest absolute Gasteiger partial charge is 0.417 e. The topological polar surface area (TPSA) is 77.2 Å². The van der Waals surface area contributed by atoms with Crippen molar-refractivity contribution in [3.8, 4) is 5.88 Å². The number of halogens is 6. The van der Waals surface area contributed by atoms with E-state index in [1.54, 1.807) is 0 Å². The van der Waals surface area contributed by atoms with Gasteiger partial charge in [-0.15, -0.1) is 24.8 Å². The van der Waals surface area contributed by atoms with E-state index in [9.17, 15) is 18.0 Å². The van der Waals surface area contributed by atoms with Gasteiger partial charge in [0.1, 0.15) is 11.6 Å². The van der Waals surface area contributed by atoms with Crippen molar-refractivity contribution in [1.82, 2.24) is 10.3 Å². The number of nitrogens with two attached hydrogens (primary N) is 1. The van der Waals surface area contributed by atoms with Crippen molar-refractivity contribution >= 4 is 42.3 Å². The zero-order valence-electron chi connectivity index (χ0n) is 14.2. The molecule has 1 heterocycles. The molecule has 4 unspecified atom stereocenters. The highest BCUT2D eigenvalue weighted by Gasteiger charge is 2.48. The van der Waals surface area contributed by atoms with Gasteiger partial charge in [-0.3, -0.25) is 4.79 Å². The lowest BCUT2D eigenvalue weighted by molar-refractivity contribution is -0.137. The van der Waals surface area contributed by atoms with Crippen molar-refractivity contribution in [2.45, 2.75) is 31.5 Å². The first-order chi connectivity index (χ1) is 11.8. The van der Waals surface area contributed by atoms with Crippen LogP contribution >= 0.6 is 36.4 Å². The number of rotatable bonds is 5. The van der Waals surface area contributed by atoms with Crippen LogP contribution in [0.5, 0.6) is 5.88 Å². The highest BCUT2D eigenvalue weighted by atomic mass is 35.5. The fourth-order valence-electron chi connectivity index (χ4n) is 3.85. The van der Waals surface area contributed by atoms with Crippen LogP contribution in [0.25, 0.3) is 0 Å². The Morgan fingerprint density at radius 2 is 2.00 bits per heavy atom. The van der Waals surface area contributed by atoms with E-state index in [2.05, 4.69) is 10.3 Å². The third kappa shape index (κ3) is 5.31. The maximum atomic E-state index is 12.5. The van der Waals surface area contributed by atoms with Crippen LogP contribution in [0.15, 0.2) is 12.3 Å². The minimum atomic E-state index is -4.51. The molecule has 0 aliphatic heterocycles. The average Bonchev–Trinajstić information content (AvgIpc) is 3.12. The summed E-state index contributed by atoms with van der Waals surface area (Å²) in [6.45, 7) is 0.262. The van der Waals surface area contributed by atoms with Gasteiger partial charge in [0.2, 0.25) is 11.8 Å². The Bertz CT molecular complexity index is 662. The number of ether oxygens (including phenoxy) is 1. The van der Waals surface area contributed by atoms with Crippen molar-refractivity contribution in [2.24, 2.45) is 23.5 Å². The Hall–Kier alpha value is -0.960. The molecule has 154 valence electrons. The Labute approximate surface area is 172 Å². The minimum Gasteiger partial charge on any atom is -0.475 e. The van der Waals surface area contributed by atoms with Gasteiger partial charge in [0.15, 0.2) is 0 Å². The van der Waals surface area contributed by atoms with Crippen LogP contribution in [0, 0.1) is 17.8 Å². The Kier molecular flexibility index (Phi) is 8.47. The predicted molar refractivity (Wildman–Crippen MR) is 99.5 cm³/mol. The number of nitrogens with one attached hydrogen (secondary N) is 1. The maximum absolute atomic E-state index is 12.5. The maximum Gasteiger partial charge on any atom is 0.417 e. The molecule has 1 aromatic heterocycles. The van der Waals surface area contributed by atoms with Gasteiger partial charge in [-0.2, -0.15) is 13.2 Å². The molecule has 11 heteroatoms. The van der Waals surface area contributed by atoms with Crippen LogP contribution in [0.3, 0.4) is 0 Å². The van der Waals surface area contributed by atoms with Gasteiger partial charge in [-0.25, -0.2) is 4.98 Å². The van der Waals surface area contributed by atoms with Crippen LogP contribution in [0.1, 0.15) is 24.8 Å². The molecule has 3 rings (SSSR count). The number of alkyl halides is 3. The molecule has 5 nitrogen and oxygen atoms in total. The summed E-state index contributed by atoms with van der Waals surface area (Å²) >= 11 is 5.75. The van der Waals surface area contributed by atoms with E-state index in [4.69, 9.17) is 22.1 Å². The third-order valence-corrected chi connectivity index (χ3v) is 5.33. The predicted octanol–water partition coefficient (Wildman–Crippen LogP) is 3.47. The first-order valence-electron chi connectivity index (χ1n) is 8.16. The van der Waals surface area contributed by atoms with Crippen molar-refractivity contribution in [3.63, 3.8) is 0 Å². The van der Waals surface area contributed by atoms with E-state index in [1.165, 1.54) is 0 Å². The van der Waals surface area contributed by atoms with Crippen molar-refractivity contribution < 1.29 is 22.7 Å². The second-order valence-corrected chi connectivity index (χ2v) is 6.99. The summed E-state index contributed by atoms with van der Waals surface area (Å²) in [5, 5.41) is 2.54. The number of hydrogen-bond acceptors (Lipinski definition) is 4. The van der Waals surface area contributed by atoms with E-state index < -0.39 is 11.7 Å². The van der Waals surface area contributed by atoms with Gasteiger partial charge in [0, 0.05) is 12.2 Å². The first-order valence-corrected chi connectivity index (χ1v) is 8.54. The number of hydrogen-bond donors (Lipinski definition) is 2. The number of amides is 1. The molecular formula is C16H21Cl3F3N3O2. The van der Waals surface area contributed by atoms with Crippen molar-refractivity contribution in [3.05, 3.63) is 22.8 Å². The molecule has 0 spiro atoms. The zero-order valence-corrected chi connectivity index (χ0v) is 16.6. The van der Waals surface area contributed by atoms with Gasteiger partial charge in [0.25, 0.3) is 0 Å². The first kappa shape index (κ1) is 24.1. The minimum absolute atomic E-state index is 0. The lowest BCUT2D eigenvalue weighted by Crippen LogP contribution is -2.46. The molecular weight excluding hydrogens is 430 g/mol. The summed E-state index contributed by atoms with van der Waals surface area (Å²) in [4.78, 5) is 15.8. The summed E-state index contributed by atoms with van der Waals surface area (Å²) in [5.74, 6) is 0.445. The van der Waals surface area contributed by atoms with Crippen LogP contribution in [-0.4, -0.2) is 30.1 Å². The highest BCUT2D eigenvalue weighted by molar-refractivity contribution is 6.31. The normalized spacial score (nSPS) is 26.1. The van der Waals surface area contributed by atoms with E-state index in [0.29, 0.717) is 18.0 Å². The van der Waals surface area contributed by atoms with E-state index in [1.807, 2.05) is 0 Å². The third-order valence-electron chi connectivity index (χ3n) is 5.06. The standard InChI is InChI=1S/C16H19ClF3N3O2.2ClH/c17-11-6-10(16(18,19)20)7-23-15(11)25-4-3-22-14(24)12-8-1-2-9(5-8)13(12)21;;/h6-9,12-13H,1-5,21H2,(H,22,24);2*1H. The molecule has 2 aliphatic rings. The quantitative estimate of drug-likeness (QED) is 0.674. The Morgan fingerprint density at radius 1 is 1.33 bits per heavy atom. The monoisotopic (exact) mass is 449 g/mol. The number of aromatic nitrogens is 1. The Morgan fingerprint density at radius 3 is 2.56 bits per heavy atom. The van der Waals surface area contributed by atoms with Crippen LogP contribution in [0.2, 0.25) is 5.02 Å². The molecule has 2 fully saturated rings. The molecule has 2 bridgehead atoms. The SMILES string of the molecule is Cl.Cl.NC1C2CCC(C2)C1C(=O)NCCOc1ncc(C(F)(F)F)cc1Cl. The summed E-state index contributed by atoms with van der Waals surface area (Å²) in [6, 6.07) is 0.669. The number of carbonyl (C=O) groups is 1.